The minimum atomic E-state index is -0.247. The van der Waals surface area contributed by atoms with Gasteiger partial charge in [-0.3, -0.25) is 0 Å². The molecule has 0 saturated carbocycles. The van der Waals surface area contributed by atoms with Crippen LogP contribution in [0.3, 0.4) is 0 Å². The average molecular weight is 312 g/mol. The molecule has 2 aromatic rings. The van der Waals surface area contributed by atoms with Gasteiger partial charge in [0.05, 0.1) is 23.0 Å². The van der Waals surface area contributed by atoms with Crippen molar-refractivity contribution in [3.63, 3.8) is 0 Å². The number of nitrogens with one attached hydrogen (secondary N) is 1. The quantitative estimate of drug-likeness (QED) is 0.933. The second-order valence-corrected chi connectivity index (χ2v) is 5.25. The Balaban J connectivity index is 2.26. The van der Waals surface area contributed by atoms with E-state index < -0.39 is 0 Å². The van der Waals surface area contributed by atoms with Crippen molar-refractivity contribution >= 4 is 21.6 Å². The van der Waals surface area contributed by atoms with Gasteiger partial charge in [0, 0.05) is 17.9 Å². The molecule has 1 aromatic carbocycles. The summed E-state index contributed by atoms with van der Waals surface area (Å²) in [5, 5.41) is 0. The molecule has 1 aromatic heterocycles. The van der Waals surface area contributed by atoms with Crippen molar-refractivity contribution in [2.24, 2.45) is 0 Å². The predicted molar refractivity (Wildman–Crippen MR) is 74.0 cm³/mol. The number of halogens is 2. The summed E-state index contributed by atoms with van der Waals surface area (Å²) < 4.78 is 14.1. The molecule has 0 spiro atoms. The number of hydrogen-bond acceptors (Lipinski definition) is 2. The molecule has 1 heterocycles. The van der Waals surface area contributed by atoms with Crippen molar-refractivity contribution < 1.29 is 4.39 Å². The van der Waals surface area contributed by atoms with Gasteiger partial charge >= 0.3 is 0 Å². The highest BCUT2D eigenvalue weighted by Gasteiger charge is 2.13. The highest BCUT2D eigenvalue weighted by atomic mass is 79.9. The molecule has 0 unspecified atom stereocenters. The van der Waals surface area contributed by atoms with E-state index in [-0.39, 0.29) is 11.9 Å². The third-order valence-corrected chi connectivity index (χ3v) is 3.40. The minimum absolute atomic E-state index is 0.247. The molecule has 3 nitrogen and oxygen atoms in total. The zero-order valence-corrected chi connectivity index (χ0v) is 11.9. The lowest BCUT2D eigenvalue weighted by Crippen LogP contribution is -2.30. The number of aromatic amines is 1. The predicted octanol–water partition coefficient (Wildman–Crippen LogP) is 3.73. The number of hydrogen-bond donors (Lipinski definition) is 1. The normalized spacial score (nSPS) is 10.9. The monoisotopic (exact) mass is 311 g/mol. The SMILES string of the molecule is CC(C)N(Cc1cnc[nH]1)c1ccc(Br)c(F)c1. The van der Waals surface area contributed by atoms with Gasteiger partial charge in [-0.1, -0.05) is 0 Å². The number of aromatic nitrogens is 2. The van der Waals surface area contributed by atoms with Crippen molar-refractivity contribution in [1.29, 1.82) is 0 Å². The molecule has 1 N–H and O–H groups in total. The van der Waals surface area contributed by atoms with E-state index in [1.807, 2.05) is 6.07 Å². The molecule has 0 aliphatic carbocycles. The fourth-order valence-corrected chi connectivity index (χ4v) is 2.04. The van der Waals surface area contributed by atoms with Crippen LogP contribution in [-0.4, -0.2) is 16.0 Å². The topological polar surface area (TPSA) is 31.9 Å². The van der Waals surface area contributed by atoms with Gasteiger partial charge in [-0.2, -0.15) is 0 Å². The van der Waals surface area contributed by atoms with Crippen LogP contribution in [0.15, 0.2) is 35.2 Å². The third kappa shape index (κ3) is 2.90. The molecular formula is C13H15BrFN3. The van der Waals surface area contributed by atoms with Crippen LogP contribution in [-0.2, 0) is 6.54 Å². The summed E-state index contributed by atoms with van der Waals surface area (Å²) in [5.74, 6) is -0.247. The molecule has 2 rings (SSSR count). The molecule has 0 bridgehead atoms. The molecule has 5 heteroatoms. The Morgan fingerprint density at radius 2 is 2.22 bits per heavy atom. The lowest BCUT2D eigenvalue weighted by molar-refractivity contribution is 0.615. The van der Waals surface area contributed by atoms with Crippen LogP contribution in [0.1, 0.15) is 19.5 Å². The van der Waals surface area contributed by atoms with E-state index in [0.29, 0.717) is 11.0 Å². The maximum atomic E-state index is 13.6. The van der Waals surface area contributed by atoms with Gasteiger partial charge in [0.25, 0.3) is 0 Å². The summed E-state index contributed by atoms with van der Waals surface area (Å²) in [6.45, 7) is 4.84. The van der Waals surface area contributed by atoms with Crippen molar-refractivity contribution in [2.75, 3.05) is 4.90 Å². The Bertz CT molecular complexity index is 511. The molecule has 0 atom stereocenters. The summed E-state index contributed by atoms with van der Waals surface area (Å²) in [7, 11) is 0. The minimum Gasteiger partial charge on any atom is -0.363 e. The molecule has 0 saturated heterocycles. The van der Waals surface area contributed by atoms with Crippen LogP contribution in [0.4, 0.5) is 10.1 Å². The summed E-state index contributed by atoms with van der Waals surface area (Å²) >= 11 is 3.17. The first-order chi connectivity index (χ1) is 8.58. The van der Waals surface area contributed by atoms with Crippen LogP contribution < -0.4 is 4.90 Å². The Kier molecular flexibility index (Phi) is 4.01. The maximum Gasteiger partial charge on any atom is 0.139 e. The molecule has 0 aliphatic rings. The summed E-state index contributed by atoms with van der Waals surface area (Å²) in [4.78, 5) is 9.17. The molecule has 0 aliphatic heterocycles. The van der Waals surface area contributed by atoms with E-state index in [4.69, 9.17) is 0 Å². The smallest absolute Gasteiger partial charge is 0.139 e. The lowest BCUT2D eigenvalue weighted by Gasteiger charge is -2.28. The Hall–Kier alpha value is -1.36. The highest BCUT2D eigenvalue weighted by molar-refractivity contribution is 9.10. The molecule has 0 radical (unpaired) electrons. The maximum absolute atomic E-state index is 13.6. The largest absolute Gasteiger partial charge is 0.363 e. The van der Waals surface area contributed by atoms with Gasteiger partial charge < -0.3 is 9.88 Å². The second kappa shape index (κ2) is 5.52. The Morgan fingerprint density at radius 3 is 2.78 bits per heavy atom. The van der Waals surface area contributed by atoms with Gasteiger partial charge in [0.15, 0.2) is 0 Å². The summed E-state index contributed by atoms with van der Waals surface area (Å²) in [5.41, 5.74) is 1.87. The number of anilines is 1. The van der Waals surface area contributed by atoms with Crippen LogP contribution >= 0.6 is 15.9 Å². The first kappa shape index (κ1) is 13.1. The molecule has 0 amide bonds. The molecule has 96 valence electrons. The average Bonchev–Trinajstić information content (AvgIpc) is 2.82. The Morgan fingerprint density at radius 1 is 1.44 bits per heavy atom. The van der Waals surface area contributed by atoms with E-state index in [9.17, 15) is 4.39 Å². The fourth-order valence-electron chi connectivity index (χ4n) is 1.79. The van der Waals surface area contributed by atoms with Crippen LogP contribution in [0.2, 0.25) is 0 Å². The van der Waals surface area contributed by atoms with Crippen LogP contribution in [0.5, 0.6) is 0 Å². The molecular weight excluding hydrogens is 297 g/mol. The lowest BCUT2D eigenvalue weighted by atomic mass is 10.2. The van der Waals surface area contributed by atoms with E-state index in [1.54, 1.807) is 24.7 Å². The number of imidazole rings is 1. The number of H-pyrrole nitrogens is 1. The van der Waals surface area contributed by atoms with Gasteiger partial charge in [-0.05, 0) is 48.0 Å². The van der Waals surface area contributed by atoms with E-state index >= 15 is 0 Å². The van der Waals surface area contributed by atoms with Crippen molar-refractivity contribution in [1.82, 2.24) is 9.97 Å². The second-order valence-electron chi connectivity index (χ2n) is 4.40. The third-order valence-electron chi connectivity index (χ3n) is 2.75. The van der Waals surface area contributed by atoms with Crippen LogP contribution in [0, 0.1) is 5.82 Å². The summed E-state index contributed by atoms with van der Waals surface area (Å²) in [6, 6.07) is 5.45. The zero-order valence-electron chi connectivity index (χ0n) is 10.3. The first-order valence-corrected chi connectivity index (χ1v) is 6.56. The van der Waals surface area contributed by atoms with Crippen molar-refractivity contribution in [3.8, 4) is 0 Å². The van der Waals surface area contributed by atoms with Crippen LogP contribution in [0.25, 0.3) is 0 Å². The van der Waals surface area contributed by atoms with Crippen molar-refractivity contribution in [2.45, 2.75) is 26.4 Å². The number of nitrogens with zero attached hydrogens (tertiary/aromatic N) is 2. The van der Waals surface area contributed by atoms with Crippen molar-refractivity contribution in [3.05, 3.63) is 46.7 Å². The molecule has 18 heavy (non-hydrogen) atoms. The zero-order chi connectivity index (χ0) is 13.1. The van der Waals surface area contributed by atoms with E-state index in [1.165, 1.54) is 0 Å². The highest BCUT2D eigenvalue weighted by Crippen LogP contribution is 2.24. The Labute approximate surface area is 114 Å². The number of rotatable bonds is 4. The standard InChI is InChI=1S/C13H15BrFN3/c1-9(2)18(7-10-6-16-8-17-10)11-3-4-12(14)13(15)5-11/h3-6,8-9H,7H2,1-2H3,(H,16,17). The summed E-state index contributed by atoms with van der Waals surface area (Å²) in [6.07, 6.45) is 3.43. The van der Waals surface area contributed by atoms with Gasteiger partial charge in [-0.15, -0.1) is 0 Å². The first-order valence-electron chi connectivity index (χ1n) is 5.77. The van der Waals surface area contributed by atoms with Gasteiger partial charge in [0.1, 0.15) is 5.82 Å². The number of benzene rings is 1. The molecule has 0 fully saturated rings. The van der Waals surface area contributed by atoms with Gasteiger partial charge in [-0.25, -0.2) is 9.37 Å². The fraction of sp³-hybridized carbons (Fsp3) is 0.308. The van der Waals surface area contributed by atoms with E-state index in [2.05, 4.69) is 44.6 Å². The van der Waals surface area contributed by atoms with E-state index in [0.717, 1.165) is 11.4 Å². The van der Waals surface area contributed by atoms with Gasteiger partial charge in [0.2, 0.25) is 0 Å².